The Bertz CT molecular complexity index is 519. The molecule has 0 radical (unpaired) electrons. The minimum absolute atomic E-state index is 0.0198. The van der Waals surface area contributed by atoms with Crippen LogP contribution < -0.4 is 9.64 Å². The van der Waals surface area contributed by atoms with Crippen LogP contribution in [0.3, 0.4) is 0 Å². The SMILES string of the molecule is CC1C(CC(=O)O)Oc2ccc(C(C)(C)C)cc2N1C. The molecular formula is C16H23NO3. The van der Waals surface area contributed by atoms with Crippen molar-refractivity contribution in [3.63, 3.8) is 0 Å². The fourth-order valence-electron chi connectivity index (χ4n) is 2.47. The van der Waals surface area contributed by atoms with Gasteiger partial charge in [0.15, 0.2) is 0 Å². The highest BCUT2D eigenvalue weighted by atomic mass is 16.5. The minimum atomic E-state index is -0.829. The molecule has 0 amide bonds. The lowest BCUT2D eigenvalue weighted by molar-refractivity contribution is -0.139. The van der Waals surface area contributed by atoms with Crippen LogP contribution in [0.2, 0.25) is 0 Å². The van der Waals surface area contributed by atoms with Crippen molar-refractivity contribution in [2.24, 2.45) is 0 Å². The number of likely N-dealkylation sites (N-methyl/N-ethyl adjacent to an activating group) is 1. The maximum atomic E-state index is 10.9. The largest absolute Gasteiger partial charge is 0.486 e. The van der Waals surface area contributed by atoms with Crippen LogP contribution in [0.5, 0.6) is 5.75 Å². The van der Waals surface area contributed by atoms with E-state index in [-0.39, 0.29) is 24.0 Å². The average molecular weight is 277 g/mol. The van der Waals surface area contributed by atoms with Crippen molar-refractivity contribution in [1.82, 2.24) is 0 Å². The first-order chi connectivity index (χ1) is 9.20. The van der Waals surface area contributed by atoms with Gasteiger partial charge in [-0.25, -0.2) is 0 Å². The second-order valence-corrected chi connectivity index (χ2v) is 6.54. The molecule has 0 spiro atoms. The molecule has 2 atom stereocenters. The van der Waals surface area contributed by atoms with E-state index in [1.807, 2.05) is 20.0 Å². The smallest absolute Gasteiger partial charge is 0.307 e. The molecule has 2 rings (SSSR count). The molecule has 0 aromatic heterocycles. The molecule has 4 heteroatoms. The third-order valence-electron chi connectivity index (χ3n) is 4.01. The highest BCUT2D eigenvalue weighted by molar-refractivity contribution is 5.69. The molecule has 1 aromatic rings. The number of fused-ring (bicyclic) bond motifs is 1. The van der Waals surface area contributed by atoms with Crippen molar-refractivity contribution in [3.05, 3.63) is 23.8 Å². The monoisotopic (exact) mass is 277 g/mol. The van der Waals surface area contributed by atoms with Crippen LogP contribution in [0.1, 0.15) is 39.7 Å². The Kier molecular flexibility index (Phi) is 3.67. The van der Waals surface area contributed by atoms with E-state index in [1.54, 1.807) is 0 Å². The van der Waals surface area contributed by atoms with Gasteiger partial charge in [-0.3, -0.25) is 4.79 Å². The molecule has 1 heterocycles. The molecule has 0 saturated heterocycles. The Hall–Kier alpha value is -1.71. The first-order valence-corrected chi connectivity index (χ1v) is 6.96. The lowest BCUT2D eigenvalue weighted by atomic mass is 9.86. The predicted octanol–water partition coefficient (Wildman–Crippen LogP) is 3.04. The molecule has 1 N–H and O–H groups in total. The highest BCUT2D eigenvalue weighted by Crippen LogP contribution is 2.39. The van der Waals surface area contributed by atoms with Crippen molar-refractivity contribution in [1.29, 1.82) is 0 Å². The first-order valence-electron chi connectivity index (χ1n) is 6.96. The van der Waals surface area contributed by atoms with Crippen LogP contribution in [0.4, 0.5) is 5.69 Å². The van der Waals surface area contributed by atoms with Gasteiger partial charge in [-0.05, 0) is 30.0 Å². The Labute approximate surface area is 120 Å². The lowest BCUT2D eigenvalue weighted by Crippen LogP contribution is -2.47. The molecule has 0 bridgehead atoms. The van der Waals surface area contributed by atoms with Gasteiger partial charge in [0.1, 0.15) is 11.9 Å². The predicted molar refractivity (Wildman–Crippen MR) is 79.7 cm³/mol. The van der Waals surface area contributed by atoms with Gasteiger partial charge in [0.05, 0.1) is 18.2 Å². The number of anilines is 1. The summed E-state index contributed by atoms with van der Waals surface area (Å²) >= 11 is 0. The van der Waals surface area contributed by atoms with Crippen molar-refractivity contribution < 1.29 is 14.6 Å². The van der Waals surface area contributed by atoms with Crippen molar-refractivity contribution in [3.8, 4) is 5.75 Å². The number of rotatable bonds is 2. The van der Waals surface area contributed by atoms with Gasteiger partial charge < -0.3 is 14.7 Å². The summed E-state index contributed by atoms with van der Waals surface area (Å²) in [4.78, 5) is 13.0. The number of aliphatic carboxylic acids is 1. The number of ether oxygens (including phenoxy) is 1. The van der Waals surface area contributed by atoms with Gasteiger partial charge in [0.2, 0.25) is 0 Å². The number of hydrogen-bond acceptors (Lipinski definition) is 3. The van der Waals surface area contributed by atoms with E-state index in [0.29, 0.717) is 0 Å². The standard InChI is InChI=1S/C16H23NO3/c1-10-14(9-15(18)19)20-13-7-6-11(16(2,3)4)8-12(13)17(10)5/h6-8,10,14H,9H2,1-5H3,(H,18,19). The molecule has 0 saturated carbocycles. The lowest BCUT2D eigenvalue weighted by Gasteiger charge is -2.40. The third kappa shape index (κ3) is 2.74. The fourth-order valence-corrected chi connectivity index (χ4v) is 2.47. The topological polar surface area (TPSA) is 49.8 Å². The zero-order valence-electron chi connectivity index (χ0n) is 12.8. The number of hydrogen-bond donors (Lipinski definition) is 1. The second kappa shape index (κ2) is 5.00. The van der Waals surface area contributed by atoms with Crippen molar-refractivity contribution in [2.45, 2.75) is 51.7 Å². The van der Waals surface area contributed by atoms with Gasteiger partial charge in [0, 0.05) is 7.05 Å². The zero-order chi connectivity index (χ0) is 15.1. The number of nitrogens with zero attached hydrogens (tertiary/aromatic N) is 1. The van der Waals surface area contributed by atoms with E-state index in [1.165, 1.54) is 5.56 Å². The molecule has 1 aliphatic heterocycles. The maximum Gasteiger partial charge on any atom is 0.307 e. The van der Waals surface area contributed by atoms with E-state index in [9.17, 15) is 4.79 Å². The number of benzene rings is 1. The quantitative estimate of drug-likeness (QED) is 0.902. The molecule has 0 aliphatic carbocycles. The molecule has 20 heavy (non-hydrogen) atoms. The number of carboxylic acids is 1. The molecule has 0 fully saturated rings. The third-order valence-corrected chi connectivity index (χ3v) is 4.01. The Morgan fingerprint density at radius 1 is 1.40 bits per heavy atom. The van der Waals surface area contributed by atoms with Crippen LogP contribution >= 0.6 is 0 Å². The Balaban J connectivity index is 2.36. The van der Waals surface area contributed by atoms with Crippen molar-refractivity contribution >= 4 is 11.7 Å². The van der Waals surface area contributed by atoms with Crippen molar-refractivity contribution in [2.75, 3.05) is 11.9 Å². The molecule has 2 unspecified atom stereocenters. The first kappa shape index (κ1) is 14.7. The van der Waals surface area contributed by atoms with Gasteiger partial charge >= 0.3 is 5.97 Å². The molecule has 4 nitrogen and oxygen atoms in total. The van der Waals surface area contributed by atoms with Crippen LogP contribution in [0, 0.1) is 0 Å². The van der Waals surface area contributed by atoms with Gasteiger partial charge in [-0.1, -0.05) is 26.8 Å². The van der Waals surface area contributed by atoms with E-state index >= 15 is 0 Å². The van der Waals surface area contributed by atoms with Crippen LogP contribution in [0.25, 0.3) is 0 Å². The summed E-state index contributed by atoms with van der Waals surface area (Å²) in [5, 5.41) is 8.97. The fraction of sp³-hybridized carbons (Fsp3) is 0.562. The summed E-state index contributed by atoms with van der Waals surface area (Å²) in [6.45, 7) is 8.53. The van der Waals surface area contributed by atoms with Gasteiger partial charge in [-0.2, -0.15) is 0 Å². The second-order valence-electron chi connectivity index (χ2n) is 6.54. The summed E-state index contributed by atoms with van der Waals surface area (Å²) in [6, 6.07) is 6.19. The van der Waals surface area contributed by atoms with E-state index in [2.05, 4.69) is 37.8 Å². The normalized spacial score (nSPS) is 22.1. The maximum absolute atomic E-state index is 10.9. The van der Waals surface area contributed by atoms with E-state index in [4.69, 9.17) is 9.84 Å². The Morgan fingerprint density at radius 3 is 2.60 bits per heavy atom. The number of carbonyl (C=O) groups is 1. The van der Waals surface area contributed by atoms with E-state index in [0.717, 1.165) is 11.4 Å². The van der Waals surface area contributed by atoms with Gasteiger partial charge in [0.25, 0.3) is 0 Å². The summed E-state index contributed by atoms with van der Waals surface area (Å²) in [7, 11) is 1.99. The van der Waals surface area contributed by atoms with E-state index < -0.39 is 5.97 Å². The number of carboxylic acid groups (broad SMARTS) is 1. The average Bonchev–Trinajstić information content (AvgIpc) is 2.33. The summed E-state index contributed by atoms with van der Waals surface area (Å²) in [5.74, 6) is -0.0603. The Morgan fingerprint density at radius 2 is 2.05 bits per heavy atom. The zero-order valence-corrected chi connectivity index (χ0v) is 12.8. The molecule has 110 valence electrons. The van der Waals surface area contributed by atoms with Crippen LogP contribution in [0.15, 0.2) is 18.2 Å². The summed E-state index contributed by atoms with van der Waals surface area (Å²) in [5.41, 5.74) is 2.36. The molecule has 1 aliphatic rings. The molecular weight excluding hydrogens is 254 g/mol. The van der Waals surface area contributed by atoms with Crippen LogP contribution in [-0.4, -0.2) is 30.3 Å². The minimum Gasteiger partial charge on any atom is -0.486 e. The van der Waals surface area contributed by atoms with Crippen LogP contribution in [-0.2, 0) is 10.2 Å². The van der Waals surface area contributed by atoms with Gasteiger partial charge in [-0.15, -0.1) is 0 Å². The summed E-state index contributed by atoms with van der Waals surface area (Å²) in [6.07, 6.45) is -0.295. The highest BCUT2D eigenvalue weighted by Gasteiger charge is 2.33. The molecule has 1 aromatic carbocycles. The summed E-state index contributed by atoms with van der Waals surface area (Å²) < 4.78 is 5.87.